The van der Waals surface area contributed by atoms with Crippen molar-refractivity contribution >= 4 is 27.9 Å². The number of benzene rings is 1. The zero-order chi connectivity index (χ0) is 14.3. The van der Waals surface area contributed by atoms with Crippen molar-refractivity contribution in [3.8, 4) is 22.8 Å². The molecule has 0 saturated heterocycles. The number of methoxy groups -OCH3 is 2. The summed E-state index contributed by atoms with van der Waals surface area (Å²) in [7, 11) is 3.14. The Morgan fingerprint density at radius 2 is 2.05 bits per heavy atom. The molecule has 0 spiro atoms. The van der Waals surface area contributed by atoms with Crippen molar-refractivity contribution in [1.82, 2.24) is 4.98 Å². The predicted molar refractivity (Wildman–Crippen MR) is 82.1 cm³/mol. The molecule has 4 nitrogen and oxygen atoms in total. The molecule has 1 saturated carbocycles. The van der Waals surface area contributed by atoms with Crippen LogP contribution in [0.2, 0.25) is 5.02 Å². The van der Waals surface area contributed by atoms with Crippen molar-refractivity contribution in [2.24, 2.45) is 0 Å². The monoisotopic (exact) mass is 310 g/mol. The Balaban J connectivity index is 2.09. The SMILES string of the molecule is COc1ccc(-c2nc(C3CC3)sc2N)c(Cl)c1OC. The minimum Gasteiger partial charge on any atom is -0.493 e. The summed E-state index contributed by atoms with van der Waals surface area (Å²) in [5.74, 6) is 1.68. The molecule has 2 aromatic rings. The lowest BCUT2D eigenvalue weighted by atomic mass is 10.1. The highest BCUT2D eigenvalue weighted by atomic mass is 35.5. The van der Waals surface area contributed by atoms with Crippen LogP contribution in [0.15, 0.2) is 12.1 Å². The second-order valence-electron chi connectivity index (χ2n) is 4.70. The van der Waals surface area contributed by atoms with Gasteiger partial charge in [0, 0.05) is 11.5 Å². The number of hydrogen-bond acceptors (Lipinski definition) is 5. The van der Waals surface area contributed by atoms with Crippen LogP contribution >= 0.6 is 22.9 Å². The molecule has 1 aromatic heterocycles. The third-order valence-corrected chi connectivity index (χ3v) is 4.76. The molecular weight excluding hydrogens is 296 g/mol. The summed E-state index contributed by atoms with van der Waals surface area (Å²) in [5, 5.41) is 2.27. The molecular formula is C14H15ClN2O2S. The minimum atomic E-state index is 0.478. The van der Waals surface area contributed by atoms with Crippen LogP contribution in [0.3, 0.4) is 0 Å². The maximum Gasteiger partial charge on any atom is 0.180 e. The van der Waals surface area contributed by atoms with Gasteiger partial charge in [-0.05, 0) is 25.0 Å². The molecule has 1 aliphatic carbocycles. The molecule has 0 unspecified atom stereocenters. The third-order valence-electron chi connectivity index (χ3n) is 3.34. The van der Waals surface area contributed by atoms with Crippen LogP contribution in [0.1, 0.15) is 23.8 Å². The van der Waals surface area contributed by atoms with Gasteiger partial charge in [-0.1, -0.05) is 11.6 Å². The van der Waals surface area contributed by atoms with Crippen molar-refractivity contribution in [2.75, 3.05) is 20.0 Å². The lowest BCUT2D eigenvalue weighted by molar-refractivity contribution is 0.355. The molecule has 6 heteroatoms. The van der Waals surface area contributed by atoms with E-state index in [1.807, 2.05) is 12.1 Å². The van der Waals surface area contributed by atoms with Gasteiger partial charge >= 0.3 is 0 Å². The second kappa shape index (κ2) is 5.14. The molecule has 1 aliphatic rings. The molecule has 0 amide bonds. The van der Waals surface area contributed by atoms with Crippen LogP contribution in [0.25, 0.3) is 11.3 Å². The normalized spacial score (nSPS) is 14.3. The van der Waals surface area contributed by atoms with Gasteiger partial charge < -0.3 is 15.2 Å². The summed E-state index contributed by atoms with van der Waals surface area (Å²) in [6, 6.07) is 3.68. The molecule has 0 atom stereocenters. The summed E-state index contributed by atoms with van der Waals surface area (Å²) >= 11 is 7.96. The number of nitrogens with two attached hydrogens (primary N) is 1. The van der Waals surface area contributed by atoms with Crippen LogP contribution in [0.4, 0.5) is 5.00 Å². The van der Waals surface area contributed by atoms with E-state index in [9.17, 15) is 0 Å². The summed E-state index contributed by atoms with van der Waals surface area (Å²) in [5.41, 5.74) is 7.62. The number of rotatable bonds is 4. The Morgan fingerprint density at radius 3 is 2.65 bits per heavy atom. The highest BCUT2D eigenvalue weighted by molar-refractivity contribution is 7.16. The summed E-state index contributed by atoms with van der Waals surface area (Å²) < 4.78 is 10.5. The molecule has 0 bridgehead atoms. The number of halogens is 1. The fourth-order valence-corrected chi connectivity index (χ4v) is 3.46. The number of thiazole rings is 1. The number of ether oxygens (including phenoxy) is 2. The molecule has 0 aliphatic heterocycles. The quantitative estimate of drug-likeness (QED) is 0.929. The van der Waals surface area contributed by atoms with Crippen molar-refractivity contribution in [1.29, 1.82) is 0 Å². The standard InChI is InChI=1S/C14H15ClN2O2S/c1-18-9-6-5-8(10(15)12(9)19-2)11-13(16)20-14(17-11)7-3-4-7/h5-7H,3-4,16H2,1-2H3. The Hall–Kier alpha value is -1.46. The van der Waals surface area contributed by atoms with Crippen molar-refractivity contribution in [3.63, 3.8) is 0 Å². The lowest BCUT2D eigenvalue weighted by Gasteiger charge is -2.12. The van der Waals surface area contributed by atoms with Crippen molar-refractivity contribution in [3.05, 3.63) is 22.2 Å². The highest BCUT2D eigenvalue weighted by Gasteiger charge is 2.29. The maximum absolute atomic E-state index is 6.41. The zero-order valence-corrected chi connectivity index (χ0v) is 12.8. The number of anilines is 1. The van der Waals surface area contributed by atoms with Crippen LogP contribution in [-0.4, -0.2) is 19.2 Å². The molecule has 1 fully saturated rings. The Bertz CT molecular complexity index is 653. The van der Waals surface area contributed by atoms with E-state index in [4.69, 9.17) is 26.8 Å². The van der Waals surface area contributed by atoms with Gasteiger partial charge in [0.25, 0.3) is 0 Å². The third kappa shape index (κ3) is 2.21. The van der Waals surface area contributed by atoms with E-state index in [1.54, 1.807) is 25.6 Å². The van der Waals surface area contributed by atoms with E-state index in [-0.39, 0.29) is 0 Å². The summed E-state index contributed by atoms with van der Waals surface area (Å²) in [4.78, 5) is 4.65. The van der Waals surface area contributed by atoms with Gasteiger partial charge in [-0.15, -0.1) is 11.3 Å². The van der Waals surface area contributed by atoms with Gasteiger partial charge in [0.1, 0.15) is 10.7 Å². The van der Waals surface area contributed by atoms with Gasteiger partial charge in [0.2, 0.25) is 0 Å². The summed E-state index contributed by atoms with van der Waals surface area (Å²) in [6.45, 7) is 0. The fraction of sp³-hybridized carbons (Fsp3) is 0.357. The van der Waals surface area contributed by atoms with E-state index < -0.39 is 0 Å². The Kier molecular flexibility index (Phi) is 3.48. The van der Waals surface area contributed by atoms with Gasteiger partial charge in [-0.2, -0.15) is 0 Å². The Morgan fingerprint density at radius 1 is 1.30 bits per heavy atom. The number of aromatic nitrogens is 1. The van der Waals surface area contributed by atoms with Crippen molar-refractivity contribution < 1.29 is 9.47 Å². The van der Waals surface area contributed by atoms with Gasteiger partial charge in [-0.3, -0.25) is 0 Å². The largest absolute Gasteiger partial charge is 0.493 e. The minimum absolute atomic E-state index is 0.478. The predicted octanol–water partition coefficient (Wildman–Crippen LogP) is 3.94. The summed E-state index contributed by atoms with van der Waals surface area (Å²) in [6.07, 6.45) is 2.40. The first-order valence-electron chi connectivity index (χ1n) is 6.32. The topological polar surface area (TPSA) is 57.4 Å². The van der Waals surface area contributed by atoms with Gasteiger partial charge in [-0.25, -0.2) is 4.98 Å². The van der Waals surface area contributed by atoms with Crippen LogP contribution < -0.4 is 15.2 Å². The van der Waals surface area contributed by atoms with Crippen molar-refractivity contribution in [2.45, 2.75) is 18.8 Å². The molecule has 1 heterocycles. The second-order valence-corrected chi connectivity index (χ2v) is 6.14. The fourth-order valence-electron chi connectivity index (χ4n) is 2.12. The van der Waals surface area contributed by atoms with Crippen LogP contribution in [-0.2, 0) is 0 Å². The van der Waals surface area contributed by atoms with E-state index >= 15 is 0 Å². The smallest absolute Gasteiger partial charge is 0.180 e. The maximum atomic E-state index is 6.41. The number of hydrogen-bond donors (Lipinski definition) is 1. The molecule has 1 aromatic carbocycles. The average molecular weight is 311 g/mol. The first-order valence-corrected chi connectivity index (χ1v) is 7.52. The van der Waals surface area contributed by atoms with Gasteiger partial charge in [0.15, 0.2) is 11.5 Å². The van der Waals surface area contributed by atoms with E-state index in [1.165, 1.54) is 12.8 Å². The first-order chi connectivity index (χ1) is 9.65. The van der Waals surface area contributed by atoms with E-state index in [2.05, 4.69) is 4.98 Å². The molecule has 20 heavy (non-hydrogen) atoms. The highest BCUT2D eigenvalue weighted by Crippen LogP contribution is 2.48. The zero-order valence-electron chi connectivity index (χ0n) is 11.3. The van der Waals surface area contributed by atoms with E-state index in [0.717, 1.165) is 16.3 Å². The molecule has 2 N–H and O–H groups in total. The number of nitrogens with zero attached hydrogens (tertiary/aromatic N) is 1. The molecule has 106 valence electrons. The van der Waals surface area contributed by atoms with Crippen LogP contribution in [0, 0.1) is 0 Å². The van der Waals surface area contributed by atoms with Gasteiger partial charge in [0.05, 0.1) is 24.2 Å². The molecule has 0 radical (unpaired) electrons. The van der Waals surface area contributed by atoms with E-state index in [0.29, 0.717) is 27.4 Å². The molecule has 3 rings (SSSR count). The number of nitrogen functional groups attached to an aromatic ring is 1. The lowest BCUT2D eigenvalue weighted by Crippen LogP contribution is -1.94. The Labute approximate surface area is 126 Å². The first kappa shape index (κ1) is 13.5. The van der Waals surface area contributed by atoms with Crippen LogP contribution in [0.5, 0.6) is 11.5 Å². The average Bonchev–Trinajstić information content (AvgIpc) is 3.22.